The van der Waals surface area contributed by atoms with Crippen LogP contribution < -0.4 is 5.32 Å². The molecule has 2 aromatic rings. The molecule has 2 aromatic heterocycles. The van der Waals surface area contributed by atoms with E-state index in [4.69, 9.17) is 16.0 Å². The molecule has 5 nitrogen and oxygen atoms in total. The minimum atomic E-state index is 0.0733. The Balaban J connectivity index is 2.12. The van der Waals surface area contributed by atoms with E-state index in [1.807, 2.05) is 26.2 Å². The standard InChI is InChI=1S/C11H15ClN4O/c1-3-13-9(10-4-5-11(12)17-10)6-8-7-16(2)15-14-8/h4-5,7,9,13H,3,6H2,1-2H3. The van der Waals surface area contributed by atoms with Crippen molar-refractivity contribution < 1.29 is 4.42 Å². The molecule has 0 radical (unpaired) electrons. The molecule has 0 saturated carbocycles. The van der Waals surface area contributed by atoms with Gasteiger partial charge in [0.25, 0.3) is 0 Å². The molecule has 17 heavy (non-hydrogen) atoms. The van der Waals surface area contributed by atoms with Crippen molar-refractivity contribution in [2.24, 2.45) is 7.05 Å². The third-order valence-electron chi connectivity index (χ3n) is 2.45. The van der Waals surface area contributed by atoms with Gasteiger partial charge in [-0.3, -0.25) is 4.68 Å². The lowest BCUT2D eigenvalue weighted by Gasteiger charge is -2.13. The average molecular weight is 255 g/mol. The molecule has 1 atom stereocenters. The maximum atomic E-state index is 5.79. The van der Waals surface area contributed by atoms with E-state index < -0.39 is 0 Å². The zero-order chi connectivity index (χ0) is 12.3. The number of furan rings is 1. The lowest BCUT2D eigenvalue weighted by molar-refractivity contribution is 0.415. The molecule has 0 spiro atoms. The minimum absolute atomic E-state index is 0.0733. The molecular formula is C11H15ClN4O. The zero-order valence-electron chi connectivity index (χ0n) is 9.85. The fraction of sp³-hybridized carbons (Fsp3) is 0.455. The van der Waals surface area contributed by atoms with Crippen molar-refractivity contribution >= 4 is 11.6 Å². The molecule has 0 bridgehead atoms. The van der Waals surface area contributed by atoms with Crippen LogP contribution in [0.3, 0.4) is 0 Å². The number of nitrogens with one attached hydrogen (secondary N) is 1. The van der Waals surface area contributed by atoms with Crippen LogP contribution in [-0.2, 0) is 13.5 Å². The molecule has 2 heterocycles. The second kappa shape index (κ2) is 5.33. The highest BCUT2D eigenvalue weighted by atomic mass is 35.5. The largest absolute Gasteiger partial charge is 0.448 e. The van der Waals surface area contributed by atoms with Gasteiger partial charge in [-0.15, -0.1) is 5.10 Å². The second-order valence-corrected chi connectivity index (χ2v) is 4.21. The highest BCUT2D eigenvalue weighted by Gasteiger charge is 2.16. The normalized spacial score (nSPS) is 12.9. The Hall–Kier alpha value is -1.33. The highest BCUT2D eigenvalue weighted by molar-refractivity contribution is 6.28. The predicted molar refractivity (Wildman–Crippen MR) is 64.8 cm³/mol. The Morgan fingerprint density at radius 2 is 2.35 bits per heavy atom. The number of hydrogen-bond acceptors (Lipinski definition) is 4. The van der Waals surface area contributed by atoms with Gasteiger partial charge in [0.05, 0.1) is 11.7 Å². The first-order chi connectivity index (χ1) is 8.19. The van der Waals surface area contributed by atoms with E-state index in [1.54, 1.807) is 10.7 Å². The third-order valence-corrected chi connectivity index (χ3v) is 2.65. The summed E-state index contributed by atoms with van der Waals surface area (Å²) >= 11 is 5.79. The summed E-state index contributed by atoms with van der Waals surface area (Å²) in [5, 5.41) is 11.7. The van der Waals surface area contributed by atoms with Crippen LogP contribution in [0, 0.1) is 0 Å². The summed E-state index contributed by atoms with van der Waals surface area (Å²) < 4.78 is 7.11. The second-order valence-electron chi connectivity index (χ2n) is 3.84. The van der Waals surface area contributed by atoms with Crippen molar-refractivity contribution in [1.82, 2.24) is 20.3 Å². The number of halogens is 1. The summed E-state index contributed by atoms with van der Waals surface area (Å²) in [6.07, 6.45) is 2.63. The molecular weight excluding hydrogens is 240 g/mol. The Morgan fingerprint density at radius 1 is 1.53 bits per heavy atom. The number of rotatable bonds is 5. The number of likely N-dealkylation sites (N-methyl/N-ethyl adjacent to an activating group) is 1. The van der Waals surface area contributed by atoms with Crippen LogP contribution in [0.1, 0.15) is 24.4 Å². The smallest absolute Gasteiger partial charge is 0.193 e. The van der Waals surface area contributed by atoms with Crippen LogP contribution in [0.5, 0.6) is 0 Å². The fourth-order valence-corrected chi connectivity index (χ4v) is 1.89. The number of aromatic nitrogens is 3. The van der Waals surface area contributed by atoms with Crippen LogP contribution in [0.4, 0.5) is 0 Å². The molecule has 92 valence electrons. The van der Waals surface area contributed by atoms with Crippen molar-refractivity contribution in [3.8, 4) is 0 Å². The molecule has 0 aromatic carbocycles. The Kier molecular flexibility index (Phi) is 3.81. The van der Waals surface area contributed by atoms with E-state index in [2.05, 4.69) is 15.6 Å². The van der Waals surface area contributed by atoms with Crippen LogP contribution in [-0.4, -0.2) is 21.5 Å². The van der Waals surface area contributed by atoms with Gasteiger partial charge in [-0.1, -0.05) is 12.1 Å². The Morgan fingerprint density at radius 3 is 2.88 bits per heavy atom. The minimum Gasteiger partial charge on any atom is -0.448 e. The van der Waals surface area contributed by atoms with Crippen LogP contribution >= 0.6 is 11.6 Å². The quantitative estimate of drug-likeness (QED) is 0.886. The molecule has 0 amide bonds. The van der Waals surface area contributed by atoms with E-state index in [0.29, 0.717) is 5.22 Å². The van der Waals surface area contributed by atoms with Crippen molar-refractivity contribution in [3.05, 3.63) is 35.0 Å². The number of hydrogen-bond donors (Lipinski definition) is 1. The van der Waals surface area contributed by atoms with E-state index >= 15 is 0 Å². The van der Waals surface area contributed by atoms with Gasteiger partial charge in [0.15, 0.2) is 5.22 Å². The van der Waals surface area contributed by atoms with Crippen molar-refractivity contribution in [2.75, 3.05) is 6.54 Å². The van der Waals surface area contributed by atoms with Crippen molar-refractivity contribution in [3.63, 3.8) is 0 Å². The Labute approximate surface area is 105 Å². The van der Waals surface area contributed by atoms with Gasteiger partial charge in [-0.25, -0.2) is 0 Å². The first-order valence-electron chi connectivity index (χ1n) is 5.53. The van der Waals surface area contributed by atoms with Gasteiger partial charge in [0.1, 0.15) is 5.76 Å². The van der Waals surface area contributed by atoms with Crippen molar-refractivity contribution in [2.45, 2.75) is 19.4 Å². The fourth-order valence-electron chi connectivity index (χ4n) is 1.73. The van der Waals surface area contributed by atoms with Gasteiger partial charge in [-0.2, -0.15) is 0 Å². The van der Waals surface area contributed by atoms with E-state index in [-0.39, 0.29) is 6.04 Å². The van der Waals surface area contributed by atoms with E-state index in [1.165, 1.54) is 0 Å². The molecule has 2 rings (SSSR count). The first-order valence-corrected chi connectivity index (χ1v) is 5.90. The molecule has 1 N–H and O–H groups in total. The number of aryl methyl sites for hydroxylation is 1. The molecule has 0 aliphatic carbocycles. The highest BCUT2D eigenvalue weighted by Crippen LogP contribution is 2.22. The summed E-state index contributed by atoms with van der Waals surface area (Å²) in [4.78, 5) is 0. The molecule has 0 fully saturated rings. The molecule has 1 unspecified atom stereocenters. The van der Waals surface area contributed by atoms with Gasteiger partial charge < -0.3 is 9.73 Å². The van der Waals surface area contributed by atoms with Gasteiger partial charge in [0, 0.05) is 19.7 Å². The van der Waals surface area contributed by atoms with Gasteiger partial charge in [-0.05, 0) is 30.3 Å². The Bertz CT molecular complexity index is 479. The monoisotopic (exact) mass is 254 g/mol. The van der Waals surface area contributed by atoms with Gasteiger partial charge >= 0.3 is 0 Å². The van der Waals surface area contributed by atoms with Crippen LogP contribution in [0.2, 0.25) is 5.22 Å². The van der Waals surface area contributed by atoms with E-state index in [0.717, 1.165) is 24.4 Å². The van der Waals surface area contributed by atoms with E-state index in [9.17, 15) is 0 Å². The number of nitrogens with zero attached hydrogens (tertiary/aromatic N) is 3. The van der Waals surface area contributed by atoms with Gasteiger partial charge in [0.2, 0.25) is 0 Å². The van der Waals surface area contributed by atoms with Crippen LogP contribution in [0.15, 0.2) is 22.7 Å². The topological polar surface area (TPSA) is 55.9 Å². The molecule has 0 aliphatic heterocycles. The SMILES string of the molecule is CCNC(Cc1cn(C)nn1)c1ccc(Cl)o1. The summed E-state index contributed by atoms with van der Waals surface area (Å²) in [7, 11) is 1.85. The van der Waals surface area contributed by atoms with Crippen molar-refractivity contribution in [1.29, 1.82) is 0 Å². The summed E-state index contributed by atoms with van der Waals surface area (Å²) in [6, 6.07) is 3.70. The summed E-state index contributed by atoms with van der Waals surface area (Å²) in [6.45, 7) is 2.90. The summed E-state index contributed by atoms with van der Waals surface area (Å²) in [5.74, 6) is 0.822. The lowest BCUT2D eigenvalue weighted by Crippen LogP contribution is -2.22. The predicted octanol–water partition coefficient (Wildman–Crippen LogP) is 1.95. The molecule has 0 saturated heterocycles. The molecule has 0 aliphatic rings. The third kappa shape index (κ3) is 3.08. The average Bonchev–Trinajstić information content (AvgIpc) is 2.87. The maximum absolute atomic E-state index is 5.79. The maximum Gasteiger partial charge on any atom is 0.193 e. The summed E-state index contributed by atoms with van der Waals surface area (Å²) in [5.41, 5.74) is 0.922. The zero-order valence-corrected chi connectivity index (χ0v) is 10.6. The lowest BCUT2D eigenvalue weighted by atomic mass is 10.1. The molecule has 6 heteroatoms. The first kappa shape index (κ1) is 12.1. The van der Waals surface area contributed by atoms with Crippen LogP contribution in [0.25, 0.3) is 0 Å².